The minimum absolute atomic E-state index is 0.0378. The van der Waals surface area contributed by atoms with Gasteiger partial charge < -0.3 is 5.32 Å². The first-order valence-corrected chi connectivity index (χ1v) is 3.87. The molecule has 7 heteroatoms. The van der Waals surface area contributed by atoms with Crippen LogP contribution in [0.15, 0.2) is 9.98 Å². The Balaban J connectivity index is 2.46. The molecule has 0 radical (unpaired) electrons. The Hall–Kier alpha value is -2.05. The number of nitrogens with one attached hydrogen (secondary N) is 2. The van der Waals surface area contributed by atoms with Crippen LogP contribution in [-0.4, -0.2) is 35.4 Å². The van der Waals surface area contributed by atoms with Crippen LogP contribution in [0.4, 0.5) is 4.79 Å². The molecule has 7 nitrogen and oxygen atoms in total. The summed E-state index contributed by atoms with van der Waals surface area (Å²) in [5, 5.41) is 4.34. The highest BCUT2D eigenvalue weighted by Crippen LogP contribution is 2.04. The predicted molar refractivity (Wildman–Crippen MR) is 46.0 cm³/mol. The van der Waals surface area contributed by atoms with Crippen LogP contribution >= 0.6 is 0 Å². The number of urea groups is 1. The van der Waals surface area contributed by atoms with Crippen LogP contribution in [0.3, 0.4) is 0 Å². The SMILES string of the molecule is CC1=NC2=NC(=O)NC(=O)C2NC1=O. The van der Waals surface area contributed by atoms with E-state index in [1.807, 2.05) is 5.32 Å². The number of carbonyl (C=O) groups is 3. The van der Waals surface area contributed by atoms with Crippen molar-refractivity contribution in [2.24, 2.45) is 9.98 Å². The van der Waals surface area contributed by atoms with Crippen molar-refractivity contribution in [1.82, 2.24) is 10.6 Å². The Morgan fingerprint density at radius 3 is 2.64 bits per heavy atom. The van der Waals surface area contributed by atoms with Crippen LogP contribution in [0.5, 0.6) is 0 Å². The van der Waals surface area contributed by atoms with Gasteiger partial charge in [0.15, 0.2) is 11.9 Å². The minimum atomic E-state index is -0.941. The molecule has 0 aliphatic carbocycles. The molecule has 1 unspecified atom stereocenters. The lowest BCUT2D eigenvalue weighted by atomic mass is 10.1. The third-order valence-electron chi connectivity index (χ3n) is 1.85. The van der Waals surface area contributed by atoms with E-state index in [1.54, 1.807) is 0 Å². The third kappa shape index (κ3) is 1.18. The monoisotopic (exact) mass is 194 g/mol. The number of fused-ring (bicyclic) bond motifs is 1. The van der Waals surface area contributed by atoms with E-state index in [0.717, 1.165) is 0 Å². The van der Waals surface area contributed by atoms with Gasteiger partial charge in [-0.2, -0.15) is 4.99 Å². The summed E-state index contributed by atoms with van der Waals surface area (Å²) < 4.78 is 0. The van der Waals surface area contributed by atoms with Gasteiger partial charge in [-0.3, -0.25) is 14.9 Å². The molecule has 0 aromatic carbocycles. The van der Waals surface area contributed by atoms with Crippen molar-refractivity contribution < 1.29 is 14.4 Å². The maximum Gasteiger partial charge on any atom is 0.349 e. The quantitative estimate of drug-likeness (QED) is 0.495. The smallest absolute Gasteiger partial charge is 0.333 e. The van der Waals surface area contributed by atoms with Crippen molar-refractivity contribution in [2.45, 2.75) is 13.0 Å². The second kappa shape index (κ2) is 2.72. The zero-order valence-corrected chi connectivity index (χ0v) is 7.20. The lowest BCUT2D eigenvalue weighted by Gasteiger charge is -2.23. The summed E-state index contributed by atoms with van der Waals surface area (Å²) in [6.45, 7) is 1.48. The molecule has 2 rings (SSSR count). The van der Waals surface area contributed by atoms with Crippen molar-refractivity contribution in [1.29, 1.82) is 0 Å². The first-order valence-electron chi connectivity index (χ1n) is 3.87. The van der Waals surface area contributed by atoms with Crippen molar-refractivity contribution in [2.75, 3.05) is 0 Å². The van der Waals surface area contributed by atoms with Crippen LogP contribution < -0.4 is 10.6 Å². The fraction of sp³-hybridized carbons (Fsp3) is 0.286. The minimum Gasteiger partial charge on any atom is -0.333 e. The average molecular weight is 194 g/mol. The van der Waals surface area contributed by atoms with Gasteiger partial charge in [-0.1, -0.05) is 0 Å². The Bertz CT molecular complexity index is 409. The molecule has 2 aliphatic rings. The van der Waals surface area contributed by atoms with Crippen LogP contribution in [-0.2, 0) is 9.59 Å². The summed E-state index contributed by atoms with van der Waals surface area (Å²) in [5.41, 5.74) is 0.183. The molecular formula is C7H6N4O3. The van der Waals surface area contributed by atoms with Crippen LogP contribution in [0.2, 0.25) is 0 Å². The number of imide groups is 1. The molecule has 2 heterocycles. The Morgan fingerprint density at radius 1 is 1.21 bits per heavy atom. The Kier molecular flexibility index (Phi) is 1.66. The van der Waals surface area contributed by atoms with Gasteiger partial charge >= 0.3 is 6.03 Å². The maximum atomic E-state index is 11.2. The summed E-state index contributed by atoms with van der Waals surface area (Å²) >= 11 is 0. The molecule has 0 aromatic rings. The molecular weight excluding hydrogens is 188 g/mol. The van der Waals surface area contributed by atoms with Crippen molar-refractivity contribution in [3.63, 3.8) is 0 Å². The van der Waals surface area contributed by atoms with Crippen LogP contribution in [0.1, 0.15) is 6.92 Å². The second-order valence-corrected chi connectivity index (χ2v) is 2.87. The summed E-state index contributed by atoms with van der Waals surface area (Å²) in [5.74, 6) is -1.00. The summed E-state index contributed by atoms with van der Waals surface area (Å²) in [4.78, 5) is 40.4. The third-order valence-corrected chi connectivity index (χ3v) is 1.85. The zero-order chi connectivity index (χ0) is 10.3. The van der Waals surface area contributed by atoms with Crippen molar-refractivity contribution in [3.8, 4) is 0 Å². The summed E-state index contributed by atoms with van der Waals surface area (Å²) in [6, 6.07) is -1.70. The molecule has 72 valence electrons. The van der Waals surface area contributed by atoms with Gasteiger partial charge in [0.25, 0.3) is 11.8 Å². The summed E-state index contributed by atoms with van der Waals surface area (Å²) in [6.07, 6.45) is 0. The number of rotatable bonds is 0. The van der Waals surface area contributed by atoms with Crippen LogP contribution in [0.25, 0.3) is 0 Å². The first kappa shape index (κ1) is 8.54. The normalized spacial score (nSPS) is 25.8. The van der Waals surface area contributed by atoms with Gasteiger partial charge in [-0.15, -0.1) is 0 Å². The lowest BCUT2D eigenvalue weighted by molar-refractivity contribution is -0.124. The fourth-order valence-corrected chi connectivity index (χ4v) is 1.17. The Morgan fingerprint density at radius 2 is 1.93 bits per heavy atom. The van der Waals surface area contributed by atoms with E-state index in [2.05, 4.69) is 15.3 Å². The molecule has 0 bridgehead atoms. The summed E-state index contributed by atoms with van der Waals surface area (Å²) in [7, 11) is 0. The van der Waals surface area contributed by atoms with E-state index in [9.17, 15) is 14.4 Å². The molecule has 2 aliphatic heterocycles. The lowest BCUT2D eigenvalue weighted by Crippen LogP contribution is -2.58. The van der Waals surface area contributed by atoms with E-state index in [4.69, 9.17) is 0 Å². The zero-order valence-electron chi connectivity index (χ0n) is 7.20. The first-order chi connectivity index (χ1) is 6.58. The van der Waals surface area contributed by atoms with Crippen molar-refractivity contribution >= 4 is 29.4 Å². The predicted octanol–water partition coefficient (Wildman–Crippen LogP) is -1.41. The van der Waals surface area contributed by atoms with Gasteiger partial charge in [0.1, 0.15) is 5.71 Å². The second-order valence-electron chi connectivity index (χ2n) is 2.87. The number of carbonyl (C=O) groups excluding carboxylic acids is 3. The number of aliphatic imine (C=N–C) groups is 2. The van der Waals surface area contributed by atoms with E-state index in [1.165, 1.54) is 6.92 Å². The number of amidine groups is 1. The molecule has 14 heavy (non-hydrogen) atoms. The average Bonchev–Trinajstić information content (AvgIpc) is 2.08. The largest absolute Gasteiger partial charge is 0.349 e. The number of nitrogens with zero attached hydrogens (tertiary/aromatic N) is 2. The van der Waals surface area contributed by atoms with E-state index >= 15 is 0 Å². The van der Waals surface area contributed by atoms with E-state index < -0.39 is 23.9 Å². The van der Waals surface area contributed by atoms with Gasteiger partial charge in [0.2, 0.25) is 0 Å². The van der Waals surface area contributed by atoms with Gasteiger partial charge in [-0.05, 0) is 6.92 Å². The molecule has 4 amide bonds. The topological polar surface area (TPSA) is 100.0 Å². The molecule has 0 spiro atoms. The molecule has 2 N–H and O–H groups in total. The highest BCUT2D eigenvalue weighted by molar-refractivity contribution is 6.44. The highest BCUT2D eigenvalue weighted by atomic mass is 16.2. The number of hydrogen-bond acceptors (Lipinski definition) is 4. The Labute approximate surface area is 78.3 Å². The van der Waals surface area contributed by atoms with Gasteiger partial charge in [0.05, 0.1) is 0 Å². The molecule has 0 fully saturated rings. The van der Waals surface area contributed by atoms with Gasteiger partial charge in [0, 0.05) is 0 Å². The van der Waals surface area contributed by atoms with E-state index in [-0.39, 0.29) is 11.5 Å². The van der Waals surface area contributed by atoms with Crippen LogP contribution in [0, 0.1) is 0 Å². The molecule has 1 atom stereocenters. The fourth-order valence-electron chi connectivity index (χ4n) is 1.17. The highest BCUT2D eigenvalue weighted by Gasteiger charge is 2.35. The molecule has 0 saturated heterocycles. The number of hydrogen-bond donors (Lipinski definition) is 2. The van der Waals surface area contributed by atoms with Gasteiger partial charge in [-0.25, -0.2) is 9.79 Å². The van der Waals surface area contributed by atoms with E-state index in [0.29, 0.717) is 0 Å². The maximum absolute atomic E-state index is 11.2. The van der Waals surface area contributed by atoms with Crippen molar-refractivity contribution in [3.05, 3.63) is 0 Å². The standard InChI is InChI=1S/C7H6N4O3/c1-2-5(12)9-3-4(8-2)10-7(14)11-6(3)13/h3H,1H3,(H,9,12)(H,11,13,14). The number of amides is 4. The molecule has 0 aromatic heterocycles. The molecule has 0 saturated carbocycles.